The number of aliphatic hydroxyl groups is 1. The Kier molecular flexibility index (Phi) is 2.87. The molecule has 3 N–H and O–H groups in total. The second kappa shape index (κ2) is 3.81. The topological polar surface area (TPSA) is 64.7 Å². The van der Waals surface area contributed by atoms with E-state index >= 15 is 0 Å². The second-order valence-electron chi connectivity index (χ2n) is 5.15. The van der Waals surface area contributed by atoms with Crippen LogP contribution in [-0.4, -0.2) is 37.3 Å². The first-order valence-electron chi connectivity index (χ1n) is 5.70. The van der Waals surface area contributed by atoms with Crippen molar-refractivity contribution >= 4 is 0 Å². The number of nitrogens with two attached hydrogens (primary N) is 1. The third-order valence-corrected chi connectivity index (χ3v) is 4.30. The third kappa shape index (κ3) is 1.37. The summed E-state index contributed by atoms with van der Waals surface area (Å²) in [6, 6.07) is 0. The van der Waals surface area contributed by atoms with Gasteiger partial charge in [-0.2, -0.15) is 0 Å². The van der Waals surface area contributed by atoms with Crippen LogP contribution in [0.4, 0.5) is 0 Å². The molecule has 0 aliphatic heterocycles. The van der Waals surface area contributed by atoms with Gasteiger partial charge >= 0.3 is 0 Å². The number of hydrogen-bond donors (Lipinski definition) is 2. The molecular weight excluding hydrogens is 206 g/mol. The van der Waals surface area contributed by atoms with E-state index in [1.807, 2.05) is 6.92 Å². The van der Waals surface area contributed by atoms with Crippen LogP contribution in [0.2, 0.25) is 0 Å². The van der Waals surface area contributed by atoms with Gasteiger partial charge in [-0.3, -0.25) is 0 Å². The number of methoxy groups -OCH3 is 2. The summed E-state index contributed by atoms with van der Waals surface area (Å²) < 4.78 is 11.2. The summed E-state index contributed by atoms with van der Waals surface area (Å²) in [6.07, 6.45) is 5.17. The summed E-state index contributed by atoms with van der Waals surface area (Å²) in [5.74, 6) is 0.00877. The van der Waals surface area contributed by atoms with Crippen LogP contribution in [-0.2, 0) is 9.47 Å². The quantitative estimate of drug-likeness (QED) is 0.542. The molecule has 1 fully saturated rings. The van der Waals surface area contributed by atoms with Gasteiger partial charge in [0.15, 0.2) is 5.79 Å². The van der Waals surface area contributed by atoms with Crippen molar-refractivity contribution in [3.63, 3.8) is 0 Å². The Morgan fingerprint density at radius 3 is 2.50 bits per heavy atom. The smallest absolute Gasteiger partial charge is 0.180 e. The Bertz CT molecular complexity index is 297. The molecule has 0 heterocycles. The summed E-state index contributed by atoms with van der Waals surface area (Å²) in [5, 5.41) is 9.37. The fourth-order valence-corrected chi connectivity index (χ4v) is 3.30. The van der Waals surface area contributed by atoms with E-state index < -0.39 is 11.3 Å². The molecule has 2 aliphatic carbocycles. The van der Waals surface area contributed by atoms with Gasteiger partial charge in [0.1, 0.15) is 0 Å². The molecule has 2 rings (SSSR count). The van der Waals surface area contributed by atoms with Gasteiger partial charge in [-0.05, 0) is 19.3 Å². The lowest BCUT2D eigenvalue weighted by atomic mass is 9.78. The van der Waals surface area contributed by atoms with Crippen molar-refractivity contribution < 1.29 is 14.6 Å². The molecule has 0 aromatic rings. The Morgan fingerprint density at radius 2 is 2.06 bits per heavy atom. The lowest BCUT2D eigenvalue weighted by Gasteiger charge is -2.37. The van der Waals surface area contributed by atoms with Crippen LogP contribution in [0, 0.1) is 17.8 Å². The molecule has 16 heavy (non-hydrogen) atoms. The summed E-state index contributed by atoms with van der Waals surface area (Å²) in [6.45, 7) is 1.88. The fourth-order valence-electron chi connectivity index (χ4n) is 3.30. The van der Waals surface area contributed by atoms with E-state index in [0.717, 1.165) is 6.42 Å². The van der Waals surface area contributed by atoms with E-state index in [4.69, 9.17) is 15.2 Å². The zero-order chi connectivity index (χ0) is 12.0. The van der Waals surface area contributed by atoms with Crippen LogP contribution >= 0.6 is 0 Å². The molecule has 2 aliphatic rings. The number of rotatable bonds is 4. The summed E-state index contributed by atoms with van der Waals surface area (Å²) in [5.41, 5.74) is 5.57. The minimum atomic E-state index is -0.577. The molecule has 0 aromatic heterocycles. The highest BCUT2D eigenvalue weighted by atomic mass is 16.7. The molecule has 0 amide bonds. The molecular formula is C12H21NO3. The maximum absolute atomic E-state index is 9.37. The predicted octanol–water partition coefficient (Wildman–Crippen LogP) is 0.507. The standard InChI is InChI=1S/C12H21NO3/c1-11(13,7-14)10-6-8-4-5-9(10)12(8,15-2)16-3/h4-5,8-10,14H,6-7,13H2,1-3H3/t8-,9+,10+,11-/m0/s1. The van der Waals surface area contributed by atoms with E-state index in [0.29, 0.717) is 0 Å². The number of aliphatic hydroxyl groups excluding tert-OH is 1. The van der Waals surface area contributed by atoms with Gasteiger partial charge in [-0.15, -0.1) is 0 Å². The van der Waals surface area contributed by atoms with Gasteiger partial charge in [0.25, 0.3) is 0 Å². The number of ether oxygens (including phenoxy) is 2. The lowest BCUT2D eigenvalue weighted by Crippen LogP contribution is -2.51. The van der Waals surface area contributed by atoms with Crippen molar-refractivity contribution in [2.24, 2.45) is 23.5 Å². The summed E-state index contributed by atoms with van der Waals surface area (Å²) >= 11 is 0. The van der Waals surface area contributed by atoms with Crippen molar-refractivity contribution in [2.75, 3.05) is 20.8 Å². The largest absolute Gasteiger partial charge is 0.394 e. The van der Waals surface area contributed by atoms with Crippen molar-refractivity contribution in [1.29, 1.82) is 0 Å². The highest BCUT2D eigenvalue weighted by molar-refractivity contribution is 5.22. The number of hydrogen-bond acceptors (Lipinski definition) is 4. The minimum Gasteiger partial charge on any atom is -0.394 e. The van der Waals surface area contributed by atoms with Gasteiger partial charge < -0.3 is 20.3 Å². The molecule has 4 atom stereocenters. The minimum absolute atomic E-state index is 0.0156. The van der Waals surface area contributed by atoms with E-state index in [-0.39, 0.29) is 24.4 Å². The van der Waals surface area contributed by atoms with Crippen LogP contribution in [0.3, 0.4) is 0 Å². The van der Waals surface area contributed by atoms with Crippen LogP contribution < -0.4 is 5.73 Å². The maximum atomic E-state index is 9.37. The molecule has 92 valence electrons. The first kappa shape index (κ1) is 12.0. The molecule has 1 saturated carbocycles. The van der Waals surface area contributed by atoms with Crippen molar-refractivity contribution in [3.05, 3.63) is 12.2 Å². The van der Waals surface area contributed by atoms with Gasteiger partial charge in [-0.1, -0.05) is 12.2 Å². The normalized spacial score (nSPS) is 38.9. The van der Waals surface area contributed by atoms with Crippen LogP contribution in [0.5, 0.6) is 0 Å². The Balaban J connectivity index is 2.28. The maximum Gasteiger partial charge on any atom is 0.180 e. The van der Waals surface area contributed by atoms with Crippen LogP contribution in [0.1, 0.15) is 13.3 Å². The van der Waals surface area contributed by atoms with E-state index in [9.17, 15) is 5.11 Å². The molecule has 0 spiro atoms. The average molecular weight is 227 g/mol. The molecule has 0 saturated heterocycles. The highest BCUT2D eigenvalue weighted by Crippen LogP contribution is 2.55. The molecule has 0 radical (unpaired) electrons. The molecule has 2 bridgehead atoms. The molecule has 4 heteroatoms. The third-order valence-electron chi connectivity index (χ3n) is 4.30. The SMILES string of the molecule is COC1(OC)[C@@H]2C=C[C@H]1C[C@H]2[C@@](C)(N)CO. The van der Waals surface area contributed by atoms with E-state index in [1.165, 1.54) is 0 Å². The summed E-state index contributed by atoms with van der Waals surface area (Å²) in [4.78, 5) is 0. The van der Waals surface area contributed by atoms with Crippen molar-refractivity contribution in [2.45, 2.75) is 24.7 Å². The monoisotopic (exact) mass is 227 g/mol. The average Bonchev–Trinajstić information content (AvgIpc) is 2.81. The van der Waals surface area contributed by atoms with Crippen molar-refractivity contribution in [3.8, 4) is 0 Å². The predicted molar refractivity (Wildman–Crippen MR) is 60.7 cm³/mol. The van der Waals surface area contributed by atoms with Gasteiger partial charge in [0.05, 0.1) is 6.61 Å². The summed E-state index contributed by atoms with van der Waals surface area (Å²) in [7, 11) is 3.34. The highest BCUT2D eigenvalue weighted by Gasteiger charge is 2.60. The Hall–Kier alpha value is -0.420. The zero-order valence-corrected chi connectivity index (χ0v) is 10.1. The van der Waals surface area contributed by atoms with Gasteiger partial charge in [0.2, 0.25) is 0 Å². The molecule has 0 aromatic carbocycles. The first-order valence-corrected chi connectivity index (χ1v) is 5.70. The number of fused-ring (bicyclic) bond motifs is 2. The lowest BCUT2D eigenvalue weighted by molar-refractivity contribution is -0.233. The zero-order valence-electron chi connectivity index (χ0n) is 10.1. The molecule has 0 unspecified atom stereocenters. The van der Waals surface area contributed by atoms with Gasteiger partial charge in [-0.25, -0.2) is 0 Å². The van der Waals surface area contributed by atoms with E-state index in [2.05, 4.69) is 12.2 Å². The Morgan fingerprint density at radius 1 is 1.44 bits per heavy atom. The van der Waals surface area contributed by atoms with E-state index in [1.54, 1.807) is 14.2 Å². The van der Waals surface area contributed by atoms with Gasteiger partial charge in [0, 0.05) is 31.6 Å². The fraction of sp³-hybridized carbons (Fsp3) is 0.833. The second-order valence-corrected chi connectivity index (χ2v) is 5.15. The molecule has 4 nitrogen and oxygen atoms in total. The Labute approximate surface area is 96.4 Å². The first-order chi connectivity index (χ1) is 7.51. The van der Waals surface area contributed by atoms with Crippen LogP contribution in [0.25, 0.3) is 0 Å². The van der Waals surface area contributed by atoms with Crippen LogP contribution in [0.15, 0.2) is 12.2 Å². The van der Waals surface area contributed by atoms with Crippen molar-refractivity contribution in [1.82, 2.24) is 0 Å².